The second-order valence-electron chi connectivity index (χ2n) is 6.33. The van der Waals surface area contributed by atoms with E-state index >= 15 is 0 Å². The van der Waals surface area contributed by atoms with Gasteiger partial charge in [0, 0.05) is 12.1 Å². The predicted molar refractivity (Wildman–Crippen MR) is 111 cm³/mol. The molecule has 4 aromatic rings. The molecule has 0 amide bonds. The highest BCUT2D eigenvalue weighted by Crippen LogP contribution is 2.19. The lowest BCUT2D eigenvalue weighted by atomic mass is 10.2. The van der Waals surface area contributed by atoms with Gasteiger partial charge in [-0.3, -0.25) is 19.5 Å². The summed E-state index contributed by atoms with van der Waals surface area (Å²) in [7, 11) is 0. The number of para-hydroxylation sites is 1. The average molecular weight is 385 g/mol. The molecule has 0 atom stereocenters. The van der Waals surface area contributed by atoms with Gasteiger partial charge in [0.15, 0.2) is 0 Å². The third-order valence-electron chi connectivity index (χ3n) is 4.44. The average Bonchev–Trinajstić information content (AvgIpc) is 2.73. The molecule has 0 aliphatic rings. The molecule has 1 N–H and O–H groups in total. The molecule has 0 aliphatic carbocycles. The summed E-state index contributed by atoms with van der Waals surface area (Å²) in [6.07, 6.45) is 3.47. The summed E-state index contributed by atoms with van der Waals surface area (Å²) in [6.45, 7) is 0. The first-order valence-corrected chi connectivity index (χ1v) is 8.77. The van der Waals surface area contributed by atoms with E-state index in [2.05, 4.69) is 4.98 Å². The molecule has 7 nitrogen and oxygen atoms in total. The van der Waals surface area contributed by atoms with Crippen LogP contribution in [0.2, 0.25) is 0 Å². The van der Waals surface area contributed by atoms with E-state index in [1.54, 1.807) is 60.7 Å². The molecule has 0 aliphatic heterocycles. The topological polar surface area (TPSA) is 98.3 Å². The molecule has 0 saturated heterocycles. The molecular weight excluding hydrogens is 370 g/mol. The van der Waals surface area contributed by atoms with Crippen LogP contribution in [0.1, 0.15) is 11.4 Å². The van der Waals surface area contributed by atoms with Crippen molar-refractivity contribution in [3.63, 3.8) is 0 Å². The number of phenols is 1. The SMILES string of the molecule is O=c1c2ccccc2nc(/C=C/c2ccc(O)cc2)n1-c1ccc([N+](=O)[O-])cc1. The summed E-state index contributed by atoms with van der Waals surface area (Å²) in [5.74, 6) is 0.546. The van der Waals surface area contributed by atoms with Crippen molar-refractivity contribution in [3.05, 3.63) is 105 Å². The molecule has 1 heterocycles. The van der Waals surface area contributed by atoms with Crippen molar-refractivity contribution in [2.45, 2.75) is 0 Å². The van der Waals surface area contributed by atoms with Gasteiger partial charge in [-0.15, -0.1) is 0 Å². The second kappa shape index (κ2) is 7.40. The molecule has 1 aromatic heterocycles. The normalized spacial score (nSPS) is 11.2. The maximum Gasteiger partial charge on any atom is 0.269 e. The van der Waals surface area contributed by atoms with Crippen LogP contribution in [0.5, 0.6) is 5.75 Å². The zero-order valence-corrected chi connectivity index (χ0v) is 15.1. The molecule has 29 heavy (non-hydrogen) atoms. The molecule has 142 valence electrons. The number of hydrogen-bond acceptors (Lipinski definition) is 5. The fraction of sp³-hybridized carbons (Fsp3) is 0. The summed E-state index contributed by atoms with van der Waals surface area (Å²) < 4.78 is 1.42. The Labute approximate surface area is 165 Å². The van der Waals surface area contributed by atoms with Crippen LogP contribution in [-0.4, -0.2) is 19.6 Å². The molecule has 7 heteroatoms. The Balaban J connectivity index is 1.89. The fourth-order valence-electron chi connectivity index (χ4n) is 2.99. The minimum Gasteiger partial charge on any atom is -0.508 e. The van der Waals surface area contributed by atoms with Crippen molar-refractivity contribution < 1.29 is 10.0 Å². The standard InChI is InChI=1S/C22H15N3O4/c26-18-12-5-15(6-13-18)7-14-21-23-20-4-2-1-3-19(20)22(27)24(21)16-8-10-17(11-9-16)25(28)29/h1-14,26H/b14-7+. The Morgan fingerprint density at radius 1 is 0.931 bits per heavy atom. The van der Waals surface area contributed by atoms with Crippen molar-refractivity contribution in [2.24, 2.45) is 0 Å². The number of nitro groups is 1. The Morgan fingerprint density at radius 2 is 1.62 bits per heavy atom. The van der Waals surface area contributed by atoms with Gasteiger partial charge in [-0.1, -0.05) is 30.3 Å². The Morgan fingerprint density at radius 3 is 2.31 bits per heavy atom. The van der Waals surface area contributed by atoms with Crippen molar-refractivity contribution in [1.82, 2.24) is 9.55 Å². The van der Waals surface area contributed by atoms with Gasteiger partial charge >= 0.3 is 0 Å². The molecule has 0 bridgehead atoms. The van der Waals surface area contributed by atoms with Crippen LogP contribution in [0, 0.1) is 10.1 Å². The lowest BCUT2D eigenvalue weighted by molar-refractivity contribution is -0.384. The number of aromatic nitrogens is 2. The van der Waals surface area contributed by atoms with Gasteiger partial charge in [-0.25, -0.2) is 4.98 Å². The maximum absolute atomic E-state index is 13.1. The van der Waals surface area contributed by atoms with E-state index in [0.29, 0.717) is 22.4 Å². The smallest absolute Gasteiger partial charge is 0.269 e. The highest BCUT2D eigenvalue weighted by molar-refractivity contribution is 5.80. The first-order valence-electron chi connectivity index (χ1n) is 8.77. The molecule has 0 radical (unpaired) electrons. The Kier molecular flexibility index (Phi) is 4.62. The summed E-state index contributed by atoms with van der Waals surface area (Å²) in [6, 6.07) is 19.4. The fourth-order valence-corrected chi connectivity index (χ4v) is 2.99. The summed E-state index contributed by atoms with van der Waals surface area (Å²) >= 11 is 0. The monoisotopic (exact) mass is 385 g/mol. The van der Waals surface area contributed by atoms with Gasteiger partial charge in [-0.2, -0.15) is 0 Å². The molecule has 0 fully saturated rings. The molecule has 0 spiro atoms. The number of rotatable bonds is 4. The van der Waals surface area contributed by atoms with Crippen LogP contribution >= 0.6 is 0 Å². The number of benzene rings is 3. The quantitative estimate of drug-likeness (QED) is 0.420. The molecule has 0 saturated carbocycles. The van der Waals surface area contributed by atoms with E-state index in [-0.39, 0.29) is 17.0 Å². The van der Waals surface area contributed by atoms with Crippen LogP contribution in [-0.2, 0) is 0 Å². The highest BCUT2D eigenvalue weighted by atomic mass is 16.6. The van der Waals surface area contributed by atoms with E-state index < -0.39 is 4.92 Å². The van der Waals surface area contributed by atoms with Crippen molar-refractivity contribution in [2.75, 3.05) is 0 Å². The van der Waals surface area contributed by atoms with E-state index in [1.807, 2.05) is 0 Å². The van der Waals surface area contributed by atoms with Gasteiger partial charge in [0.05, 0.1) is 21.5 Å². The first-order chi connectivity index (χ1) is 14.0. The largest absolute Gasteiger partial charge is 0.508 e. The van der Waals surface area contributed by atoms with Crippen LogP contribution in [0.4, 0.5) is 5.69 Å². The molecule has 3 aromatic carbocycles. The summed E-state index contributed by atoms with van der Waals surface area (Å²) in [4.78, 5) is 28.2. The van der Waals surface area contributed by atoms with Crippen molar-refractivity contribution in [3.8, 4) is 11.4 Å². The number of non-ortho nitro benzene ring substituents is 1. The van der Waals surface area contributed by atoms with Crippen LogP contribution in [0.25, 0.3) is 28.7 Å². The summed E-state index contributed by atoms with van der Waals surface area (Å²) in [5, 5.41) is 20.8. The molecular formula is C22H15N3O4. The lowest BCUT2D eigenvalue weighted by Gasteiger charge is -2.11. The van der Waals surface area contributed by atoms with Gasteiger partial charge in [-0.05, 0) is 48.0 Å². The number of aromatic hydroxyl groups is 1. The molecule has 0 unspecified atom stereocenters. The second-order valence-corrected chi connectivity index (χ2v) is 6.33. The number of nitro benzene ring substituents is 1. The third-order valence-corrected chi connectivity index (χ3v) is 4.44. The van der Waals surface area contributed by atoms with Gasteiger partial charge in [0.25, 0.3) is 11.2 Å². The van der Waals surface area contributed by atoms with E-state index in [1.165, 1.54) is 28.8 Å². The van der Waals surface area contributed by atoms with E-state index in [0.717, 1.165) is 5.56 Å². The summed E-state index contributed by atoms with van der Waals surface area (Å²) in [5.41, 5.74) is 1.53. The number of fused-ring (bicyclic) bond motifs is 1. The van der Waals surface area contributed by atoms with Gasteiger partial charge in [0.2, 0.25) is 0 Å². The zero-order valence-electron chi connectivity index (χ0n) is 15.1. The van der Waals surface area contributed by atoms with Gasteiger partial charge in [0.1, 0.15) is 11.6 Å². The van der Waals surface area contributed by atoms with Crippen molar-refractivity contribution >= 4 is 28.7 Å². The third kappa shape index (κ3) is 3.61. The zero-order chi connectivity index (χ0) is 20.4. The van der Waals surface area contributed by atoms with Crippen LogP contribution in [0.15, 0.2) is 77.6 Å². The first kappa shape index (κ1) is 18.1. The van der Waals surface area contributed by atoms with Crippen molar-refractivity contribution in [1.29, 1.82) is 0 Å². The van der Waals surface area contributed by atoms with Crippen LogP contribution in [0.3, 0.4) is 0 Å². The maximum atomic E-state index is 13.1. The minimum absolute atomic E-state index is 0.0586. The predicted octanol–water partition coefficient (Wildman–Crippen LogP) is 4.17. The number of hydrogen-bond donors (Lipinski definition) is 1. The Hall–Kier alpha value is -4.26. The lowest BCUT2D eigenvalue weighted by Crippen LogP contribution is -2.22. The minimum atomic E-state index is -0.489. The van der Waals surface area contributed by atoms with E-state index in [9.17, 15) is 20.0 Å². The number of nitrogens with zero attached hydrogens (tertiary/aromatic N) is 3. The van der Waals surface area contributed by atoms with Crippen LogP contribution < -0.4 is 5.56 Å². The molecule has 4 rings (SSSR count). The van der Waals surface area contributed by atoms with E-state index in [4.69, 9.17) is 0 Å². The Bertz CT molecular complexity index is 1290. The van der Waals surface area contributed by atoms with Gasteiger partial charge < -0.3 is 5.11 Å². The highest BCUT2D eigenvalue weighted by Gasteiger charge is 2.12. The number of phenolic OH excluding ortho intramolecular Hbond substituents is 1.